The van der Waals surface area contributed by atoms with Crippen molar-refractivity contribution in [3.63, 3.8) is 0 Å². The first-order valence-corrected chi connectivity index (χ1v) is 11.6. The molecular formula is C24H35N3O5S. The number of amides is 3. The Balaban J connectivity index is 3.29. The van der Waals surface area contributed by atoms with Crippen LogP contribution in [0.15, 0.2) is 34.2 Å². The van der Waals surface area contributed by atoms with Crippen LogP contribution in [0.5, 0.6) is 0 Å². The van der Waals surface area contributed by atoms with Crippen LogP contribution in [0, 0.1) is 11.3 Å². The molecule has 3 amide bonds. The average molecular weight is 478 g/mol. The van der Waals surface area contributed by atoms with Crippen molar-refractivity contribution in [1.82, 2.24) is 15.5 Å². The van der Waals surface area contributed by atoms with Crippen molar-refractivity contribution in [3.8, 4) is 0 Å². The molecule has 33 heavy (non-hydrogen) atoms. The molecule has 1 aromatic rings. The largest absolute Gasteiger partial charge is 0.478 e. The summed E-state index contributed by atoms with van der Waals surface area (Å²) in [5, 5.41) is 18.3. The van der Waals surface area contributed by atoms with Gasteiger partial charge in [0, 0.05) is 19.5 Å². The Hall–Kier alpha value is -2.94. The summed E-state index contributed by atoms with van der Waals surface area (Å²) in [4.78, 5) is 51.1. The fourth-order valence-corrected chi connectivity index (χ4v) is 3.78. The Morgan fingerprint density at radius 3 is 2.18 bits per heavy atom. The van der Waals surface area contributed by atoms with Gasteiger partial charge in [0.15, 0.2) is 0 Å². The molecule has 0 radical (unpaired) electrons. The van der Waals surface area contributed by atoms with Crippen LogP contribution in [-0.4, -0.2) is 52.8 Å². The third-order valence-electron chi connectivity index (χ3n) is 5.03. The summed E-state index contributed by atoms with van der Waals surface area (Å²) in [6.45, 7) is 12.0. The molecule has 1 aromatic heterocycles. The van der Waals surface area contributed by atoms with Gasteiger partial charge in [-0.2, -0.15) is 11.3 Å². The number of thiophene rings is 1. The molecule has 2 atom stereocenters. The zero-order valence-corrected chi connectivity index (χ0v) is 21.4. The zero-order valence-electron chi connectivity index (χ0n) is 20.6. The van der Waals surface area contributed by atoms with Crippen LogP contribution < -0.4 is 10.6 Å². The number of rotatable bonds is 9. The standard InChI is InChI=1S/C24H35N3O5S/c1-14(2)19(11-15(3)23(31)32)27(8)22(30)20(24(5,6)7)26-21(29)18(25-16(4)28)12-17-9-10-33-13-17/h9-14,19-20H,1-8H3,(H,25,28)(H,26,29)(H,31,32)/b15-11+,18-12-/t19-,20-/m1/s1. The number of likely N-dealkylation sites (N-methyl/N-ethyl adjacent to an activating group) is 1. The summed E-state index contributed by atoms with van der Waals surface area (Å²) >= 11 is 1.45. The SMILES string of the molecule is CC(=O)N/C(=C\c1ccsc1)C(=O)N[C@H](C(=O)N(C)[C@H](/C=C(\C)C(=O)O)C(C)C)C(C)(C)C. The van der Waals surface area contributed by atoms with E-state index >= 15 is 0 Å². The van der Waals surface area contributed by atoms with Crippen LogP contribution in [0.1, 0.15) is 54.0 Å². The van der Waals surface area contributed by atoms with Crippen LogP contribution in [0.25, 0.3) is 6.08 Å². The predicted molar refractivity (Wildman–Crippen MR) is 130 cm³/mol. The minimum atomic E-state index is -1.05. The molecule has 0 aliphatic carbocycles. The number of nitrogens with zero attached hydrogens (tertiary/aromatic N) is 1. The molecule has 0 unspecified atom stereocenters. The van der Waals surface area contributed by atoms with Gasteiger partial charge in [-0.25, -0.2) is 4.79 Å². The summed E-state index contributed by atoms with van der Waals surface area (Å²) in [5.74, 6) is -2.46. The molecule has 3 N–H and O–H groups in total. The number of carboxylic acid groups (broad SMARTS) is 1. The van der Waals surface area contributed by atoms with Gasteiger partial charge in [0.1, 0.15) is 11.7 Å². The van der Waals surface area contributed by atoms with Crippen LogP contribution in [0.2, 0.25) is 0 Å². The van der Waals surface area contributed by atoms with Gasteiger partial charge >= 0.3 is 5.97 Å². The molecule has 0 saturated heterocycles. The first kappa shape index (κ1) is 28.1. The molecule has 0 saturated carbocycles. The van der Waals surface area contributed by atoms with Gasteiger partial charge in [-0.3, -0.25) is 14.4 Å². The molecule has 182 valence electrons. The highest BCUT2D eigenvalue weighted by molar-refractivity contribution is 7.08. The number of hydrogen-bond donors (Lipinski definition) is 3. The fourth-order valence-electron chi connectivity index (χ4n) is 3.16. The molecule has 0 aromatic carbocycles. The highest BCUT2D eigenvalue weighted by Crippen LogP contribution is 2.24. The second-order valence-electron chi connectivity index (χ2n) is 9.41. The van der Waals surface area contributed by atoms with Crippen molar-refractivity contribution in [2.24, 2.45) is 11.3 Å². The lowest BCUT2D eigenvalue weighted by molar-refractivity contribution is -0.139. The van der Waals surface area contributed by atoms with Crippen LogP contribution in [0.3, 0.4) is 0 Å². The van der Waals surface area contributed by atoms with Gasteiger partial charge in [-0.1, -0.05) is 40.7 Å². The molecule has 9 heteroatoms. The second-order valence-corrected chi connectivity index (χ2v) is 10.2. The van der Waals surface area contributed by atoms with E-state index in [-0.39, 0.29) is 23.1 Å². The third kappa shape index (κ3) is 8.49. The Kier molecular flexibility index (Phi) is 10.0. The first-order valence-electron chi connectivity index (χ1n) is 10.7. The van der Waals surface area contributed by atoms with E-state index in [4.69, 9.17) is 0 Å². The Bertz CT molecular complexity index is 926. The Morgan fingerprint density at radius 1 is 1.15 bits per heavy atom. The molecule has 0 aliphatic heterocycles. The van der Waals surface area contributed by atoms with Crippen molar-refractivity contribution in [2.45, 2.75) is 60.5 Å². The monoisotopic (exact) mass is 477 g/mol. The normalized spacial score (nSPS) is 14.5. The van der Waals surface area contributed by atoms with E-state index in [1.807, 2.05) is 51.4 Å². The molecule has 0 fully saturated rings. The molecular weight excluding hydrogens is 442 g/mol. The van der Waals surface area contributed by atoms with Crippen molar-refractivity contribution in [1.29, 1.82) is 0 Å². The smallest absolute Gasteiger partial charge is 0.331 e. The summed E-state index contributed by atoms with van der Waals surface area (Å²) in [5.41, 5.74) is 0.269. The number of carbonyl (C=O) groups excluding carboxylic acids is 3. The van der Waals surface area contributed by atoms with Gasteiger partial charge < -0.3 is 20.6 Å². The Labute approximate surface area is 199 Å². The number of aliphatic carboxylic acids is 1. The minimum absolute atomic E-state index is 0.0348. The maximum atomic E-state index is 13.5. The lowest BCUT2D eigenvalue weighted by atomic mass is 9.85. The topological polar surface area (TPSA) is 116 Å². The first-order chi connectivity index (χ1) is 15.1. The summed E-state index contributed by atoms with van der Waals surface area (Å²) in [6.07, 6.45) is 3.10. The van der Waals surface area contributed by atoms with Crippen LogP contribution >= 0.6 is 11.3 Å². The van der Waals surface area contributed by atoms with E-state index in [2.05, 4.69) is 10.6 Å². The van der Waals surface area contributed by atoms with Crippen molar-refractivity contribution < 1.29 is 24.3 Å². The number of hydrogen-bond acceptors (Lipinski definition) is 5. The highest BCUT2D eigenvalue weighted by Gasteiger charge is 2.37. The van der Waals surface area contributed by atoms with E-state index in [1.54, 1.807) is 19.2 Å². The van der Waals surface area contributed by atoms with E-state index < -0.39 is 35.3 Å². The van der Waals surface area contributed by atoms with Crippen molar-refractivity contribution >= 4 is 41.1 Å². The lowest BCUT2D eigenvalue weighted by Gasteiger charge is -2.37. The van der Waals surface area contributed by atoms with Gasteiger partial charge in [0.05, 0.1) is 6.04 Å². The van der Waals surface area contributed by atoms with Crippen molar-refractivity contribution in [2.75, 3.05) is 7.05 Å². The number of carboxylic acids is 1. The molecule has 1 rings (SSSR count). The van der Waals surface area contributed by atoms with Crippen LogP contribution in [0.4, 0.5) is 0 Å². The quantitative estimate of drug-likeness (QED) is 0.472. The van der Waals surface area contributed by atoms with Gasteiger partial charge in [-0.15, -0.1) is 0 Å². The Morgan fingerprint density at radius 2 is 1.76 bits per heavy atom. The van der Waals surface area contributed by atoms with Crippen molar-refractivity contribution in [3.05, 3.63) is 39.7 Å². The van der Waals surface area contributed by atoms with Gasteiger partial charge in [0.25, 0.3) is 5.91 Å². The zero-order chi connectivity index (χ0) is 25.5. The van der Waals surface area contributed by atoms with E-state index in [0.29, 0.717) is 0 Å². The van der Waals surface area contributed by atoms with E-state index in [0.717, 1.165) is 5.56 Å². The van der Waals surface area contributed by atoms with E-state index in [1.165, 1.54) is 30.1 Å². The minimum Gasteiger partial charge on any atom is -0.478 e. The van der Waals surface area contributed by atoms with Gasteiger partial charge in [0.2, 0.25) is 11.8 Å². The molecule has 0 aliphatic rings. The maximum Gasteiger partial charge on any atom is 0.331 e. The molecule has 0 bridgehead atoms. The second kappa shape index (κ2) is 11.8. The predicted octanol–water partition coefficient (Wildman–Crippen LogP) is 3.27. The summed E-state index contributed by atoms with van der Waals surface area (Å²) < 4.78 is 0. The fraction of sp³-hybridized carbons (Fsp3) is 0.500. The number of nitrogens with one attached hydrogen (secondary N) is 2. The van der Waals surface area contributed by atoms with E-state index in [9.17, 15) is 24.3 Å². The molecule has 1 heterocycles. The lowest BCUT2D eigenvalue weighted by Crippen LogP contribution is -2.57. The third-order valence-corrected chi connectivity index (χ3v) is 5.74. The summed E-state index contributed by atoms with van der Waals surface area (Å²) in [6, 6.07) is 0.408. The molecule has 0 spiro atoms. The maximum absolute atomic E-state index is 13.5. The summed E-state index contributed by atoms with van der Waals surface area (Å²) in [7, 11) is 1.60. The molecule has 8 nitrogen and oxygen atoms in total. The number of carbonyl (C=O) groups is 4. The average Bonchev–Trinajstić information content (AvgIpc) is 3.19. The van der Waals surface area contributed by atoms with Gasteiger partial charge in [-0.05, 0) is 46.7 Å². The van der Waals surface area contributed by atoms with Crippen LogP contribution in [-0.2, 0) is 19.2 Å². The highest BCUT2D eigenvalue weighted by atomic mass is 32.1.